The number of ether oxygens (including phenoxy) is 1. The molecule has 1 N–H and O–H groups in total. The highest BCUT2D eigenvalue weighted by Gasteiger charge is 2.01. The Balaban J connectivity index is 2.64. The summed E-state index contributed by atoms with van der Waals surface area (Å²) in [5.74, 6) is -0.320. The van der Waals surface area contributed by atoms with E-state index in [4.69, 9.17) is 4.74 Å². The summed E-state index contributed by atoms with van der Waals surface area (Å²) in [5, 5.41) is 2.62. The lowest BCUT2D eigenvalue weighted by Crippen LogP contribution is -2.14. The fourth-order valence-electron chi connectivity index (χ4n) is 1.65. The highest BCUT2D eigenvalue weighted by Crippen LogP contribution is 2.15. The Labute approximate surface area is 113 Å². The highest BCUT2D eigenvalue weighted by atomic mass is 16.5. The van der Waals surface area contributed by atoms with Gasteiger partial charge in [-0.25, -0.2) is 4.79 Å². The largest absolute Gasteiger partial charge is 0.463 e. The molecular weight excluding hydrogens is 242 g/mol. The van der Waals surface area contributed by atoms with Gasteiger partial charge in [0.25, 0.3) is 0 Å². The number of nitrogens with one attached hydrogen (secondary N) is 1. The Morgan fingerprint density at radius 3 is 2.58 bits per heavy atom. The SMILES string of the molecule is CCOC(=O)/C=C(\C)c1ccc(CCNC=O)cc1. The zero-order valence-corrected chi connectivity index (χ0v) is 11.3. The molecule has 1 aromatic carbocycles. The fourth-order valence-corrected chi connectivity index (χ4v) is 1.65. The third-order valence-corrected chi connectivity index (χ3v) is 2.67. The maximum absolute atomic E-state index is 11.3. The molecule has 0 saturated heterocycles. The highest BCUT2D eigenvalue weighted by molar-refractivity contribution is 5.90. The van der Waals surface area contributed by atoms with Crippen molar-refractivity contribution in [3.05, 3.63) is 41.5 Å². The van der Waals surface area contributed by atoms with Gasteiger partial charge in [-0.15, -0.1) is 0 Å². The van der Waals surface area contributed by atoms with Crippen molar-refractivity contribution >= 4 is 18.0 Å². The Morgan fingerprint density at radius 2 is 2.00 bits per heavy atom. The summed E-state index contributed by atoms with van der Waals surface area (Å²) >= 11 is 0. The van der Waals surface area contributed by atoms with E-state index in [1.807, 2.05) is 31.2 Å². The monoisotopic (exact) mass is 261 g/mol. The predicted molar refractivity (Wildman–Crippen MR) is 74.5 cm³/mol. The van der Waals surface area contributed by atoms with Crippen LogP contribution in [0.1, 0.15) is 25.0 Å². The number of allylic oxidation sites excluding steroid dienone is 1. The van der Waals surface area contributed by atoms with Crippen molar-refractivity contribution in [3.63, 3.8) is 0 Å². The second-order valence-electron chi connectivity index (χ2n) is 4.10. The lowest BCUT2D eigenvalue weighted by Gasteiger charge is -2.05. The summed E-state index contributed by atoms with van der Waals surface area (Å²) in [6.45, 7) is 4.66. The van der Waals surface area contributed by atoms with Crippen LogP contribution in [0.15, 0.2) is 30.3 Å². The first kappa shape index (κ1) is 15.0. The number of carbonyl (C=O) groups excluding carboxylic acids is 2. The molecule has 4 nitrogen and oxygen atoms in total. The van der Waals surface area contributed by atoms with Gasteiger partial charge in [0.1, 0.15) is 0 Å². The van der Waals surface area contributed by atoms with Crippen molar-refractivity contribution in [1.82, 2.24) is 5.32 Å². The smallest absolute Gasteiger partial charge is 0.331 e. The van der Waals surface area contributed by atoms with E-state index >= 15 is 0 Å². The van der Waals surface area contributed by atoms with Crippen LogP contribution in [0, 0.1) is 0 Å². The van der Waals surface area contributed by atoms with Gasteiger partial charge in [0, 0.05) is 12.6 Å². The van der Waals surface area contributed by atoms with E-state index < -0.39 is 0 Å². The molecule has 0 saturated carbocycles. The van der Waals surface area contributed by atoms with Crippen molar-refractivity contribution in [2.24, 2.45) is 0 Å². The molecule has 0 fully saturated rings. The molecule has 0 bridgehead atoms. The van der Waals surface area contributed by atoms with Gasteiger partial charge in [-0.05, 0) is 37.0 Å². The fraction of sp³-hybridized carbons (Fsp3) is 0.333. The van der Waals surface area contributed by atoms with E-state index in [1.54, 1.807) is 6.92 Å². The summed E-state index contributed by atoms with van der Waals surface area (Å²) in [7, 11) is 0. The molecule has 0 radical (unpaired) electrons. The third kappa shape index (κ3) is 5.38. The molecule has 19 heavy (non-hydrogen) atoms. The average molecular weight is 261 g/mol. The predicted octanol–water partition coefficient (Wildman–Crippen LogP) is 1.94. The lowest BCUT2D eigenvalue weighted by atomic mass is 10.0. The number of hydrogen-bond donors (Lipinski definition) is 1. The van der Waals surface area contributed by atoms with Gasteiger partial charge < -0.3 is 10.1 Å². The topological polar surface area (TPSA) is 55.4 Å². The molecule has 102 valence electrons. The van der Waals surface area contributed by atoms with Gasteiger partial charge in [0.2, 0.25) is 6.41 Å². The van der Waals surface area contributed by atoms with E-state index in [2.05, 4.69) is 5.32 Å². The van der Waals surface area contributed by atoms with E-state index in [9.17, 15) is 9.59 Å². The van der Waals surface area contributed by atoms with Gasteiger partial charge in [-0.2, -0.15) is 0 Å². The molecule has 4 heteroatoms. The Hall–Kier alpha value is -2.10. The van der Waals surface area contributed by atoms with Crippen molar-refractivity contribution in [2.45, 2.75) is 20.3 Å². The zero-order valence-electron chi connectivity index (χ0n) is 11.3. The van der Waals surface area contributed by atoms with Crippen LogP contribution in [0.5, 0.6) is 0 Å². The normalized spacial score (nSPS) is 10.9. The van der Waals surface area contributed by atoms with Crippen LogP contribution in [-0.4, -0.2) is 25.5 Å². The first-order chi connectivity index (χ1) is 9.17. The molecular formula is C15H19NO3. The number of hydrogen-bond acceptors (Lipinski definition) is 3. The summed E-state index contributed by atoms with van der Waals surface area (Å²) in [6, 6.07) is 7.90. The molecule has 0 aromatic heterocycles. The first-order valence-electron chi connectivity index (χ1n) is 6.28. The summed E-state index contributed by atoms with van der Waals surface area (Å²) in [6.07, 6.45) is 2.98. The van der Waals surface area contributed by atoms with E-state index in [1.165, 1.54) is 6.08 Å². The summed E-state index contributed by atoms with van der Waals surface area (Å²) in [5.41, 5.74) is 3.00. The van der Waals surface area contributed by atoms with Crippen LogP contribution in [0.4, 0.5) is 0 Å². The van der Waals surface area contributed by atoms with Crippen molar-refractivity contribution in [1.29, 1.82) is 0 Å². The van der Waals surface area contributed by atoms with Gasteiger partial charge >= 0.3 is 5.97 Å². The molecule has 0 atom stereocenters. The number of rotatable bonds is 7. The van der Waals surface area contributed by atoms with Crippen molar-refractivity contribution < 1.29 is 14.3 Å². The van der Waals surface area contributed by atoms with Crippen LogP contribution < -0.4 is 5.32 Å². The van der Waals surface area contributed by atoms with Crippen LogP contribution in [0.3, 0.4) is 0 Å². The third-order valence-electron chi connectivity index (χ3n) is 2.67. The lowest BCUT2D eigenvalue weighted by molar-refractivity contribution is -0.137. The van der Waals surface area contributed by atoms with E-state index in [0.717, 1.165) is 23.1 Å². The molecule has 0 unspecified atom stereocenters. The zero-order chi connectivity index (χ0) is 14.1. The maximum atomic E-state index is 11.3. The summed E-state index contributed by atoms with van der Waals surface area (Å²) in [4.78, 5) is 21.5. The molecule has 1 aromatic rings. The van der Waals surface area contributed by atoms with Gasteiger partial charge in [0.15, 0.2) is 0 Å². The maximum Gasteiger partial charge on any atom is 0.331 e. The number of carbonyl (C=O) groups is 2. The average Bonchev–Trinajstić information content (AvgIpc) is 2.40. The van der Waals surface area contributed by atoms with Crippen LogP contribution in [0.2, 0.25) is 0 Å². The van der Waals surface area contributed by atoms with E-state index in [-0.39, 0.29) is 5.97 Å². The van der Waals surface area contributed by atoms with Crippen LogP contribution in [0.25, 0.3) is 5.57 Å². The Bertz CT molecular complexity index is 449. The summed E-state index contributed by atoms with van der Waals surface area (Å²) < 4.78 is 4.87. The van der Waals surface area contributed by atoms with Crippen molar-refractivity contribution in [3.8, 4) is 0 Å². The van der Waals surface area contributed by atoms with Crippen molar-refractivity contribution in [2.75, 3.05) is 13.2 Å². The Morgan fingerprint density at radius 1 is 1.32 bits per heavy atom. The van der Waals surface area contributed by atoms with Gasteiger partial charge in [-0.3, -0.25) is 4.79 Å². The van der Waals surface area contributed by atoms with Gasteiger partial charge in [0.05, 0.1) is 6.61 Å². The number of benzene rings is 1. The Kier molecular flexibility index (Phi) is 6.36. The molecule has 0 heterocycles. The van der Waals surface area contributed by atoms with E-state index in [0.29, 0.717) is 19.6 Å². The number of amides is 1. The van der Waals surface area contributed by atoms with Gasteiger partial charge in [-0.1, -0.05) is 24.3 Å². The molecule has 1 amide bonds. The minimum absolute atomic E-state index is 0.320. The quantitative estimate of drug-likeness (QED) is 0.353. The number of esters is 1. The molecule has 0 aliphatic rings. The molecule has 0 aliphatic carbocycles. The molecule has 0 aliphatic heterocycles. The van der Waals surface area contributed by atoms with Crippen LogP contribution >= 0.6 is 0 Å². The second kappa shape index (κ2) is 8.08. The minimum atomic E-state index is -0.320. The van der Waals surface area contributed by atoms with Crippen LogP contribution in [-0.2, 0) is 20.7 Å². The first-order valence-corrected chi connectivity index (χ1v) is 6.28. The minimum Gasteiger partial charge on any atom is -0.463 e. The second-order valence-corrected chi connectivity index (χ2v) is 4.10. The molecule has 1 rings (SSSR count). The molecule has 0 spiro atoms. The standard InChI is InChI=1S/C15H19NO3/c1-3-19-15(18)10-12(2)14-6-4-13(5-7-14)8-9-16-11-17/h4-7,10-11H,3,8-9H2,1-2H3,(H,16,17)/b12-10+.